The summed E-state index contributed by atoms with van der Waals surface area (Å²) in [5.41, 5.74) is 1.76. The first kappa shape index (κ1) is 13.6. The van der Waals surface area contributed by atoms with Gasteiger partial charge in [-0.15, -0.1) is 0 Å². The van der Waals surface area contributed by atoms with Crippen molar-refractivity contribution in [2.75, 3.05) is 28.8 Å². The van der Waals surface area contributed by atoms with Gasteiger partial charge in [0.1, 0.15) is 0 Å². The molecule has 1 aromatic carbocycles. The molecule has 1 aromatic heterocycles. The number of aromatic amines is 1. The molecule has 0 saturated heterocycles. The van der Waals surface area contributed by atoms with E-state index in [1.165, 1.54) is 29.7 Å². The summed E-state index contributed by atoms with van der Waals surface area (Å²) in [7, 11) is -3.58. The van der Waals surface area contributed by atoms with Crippen LogP contribution in [0.2, 0.25) is 0 Å². The summed E-state index contributed by atoms with van der Waals surface area (Å²) < 4.78 is 27.1. The second kappa shape index (κ2) is 5.01. The van der Waals surface area contributed by atoms with Gasteiger partial charge in [0.25, 0.3) is 10.0 Å². The molecule has 1 aliphatic heterocycles. The second-order valence-electron chi connectivity index (χ2n) is 5.87. The van der Waals surface area contributed by atoms with Gasteiger partial charge in [-0.2, -0.15) is 8.42 Å². The van der Waals surface area contributed by atoms with Gasteiger partial charge in [-0.1, -0.05) is 12.1 Å². The van der Waals surface area contributed by atoms with Gasteiger partial charge in [0.15, 0.2) is 5.03 Å². The van der Waals surface area contributed by atoms with Gasteiger partial charge >= 0.3 is 0 Å². The van der Waals surface area contributed by atoms with Crippen LogP contribution < -0.4 is 9.21 Å². The molecular weight excluding hydrogens is 300 g/mol. The third-order valence-electron chi connectivity index (χ3n) is 4.28. The zero-order valence-electron chi connectivity index (χ0n) is 12.1. The third kappa shape index (κ3) is 2.25. The topological polar surface area (TPSA) is 69.3 Å². The molecule has 7 heteroatoms. The summed E-state index contributed by atoms with van der Waals surface area (Å²) in [4.78, 5) is 8.85. The summed E-state index contributed by atoms with van der Waals surface area (Å²) in [6.07, 6.45) is 5.32. The molecule has 0 bridgehead atoms. The van der Waals surface area contributed by atoms with E-state index in [9.17, 15) is 8.42 Å². The Morgan fingerprint density at radius 1 is 1.18 bits per heavy atom. The van der Waals surface area contributed by atoms with Gasteiger partial charge in [-0.05, 0) is 30.9 Å². The Hall–Kier alpha value is -2.02. The Kier molecular flexibility index (Phi) is 3.11. The van der Waals surface area contributed by atoms with E-state index in [1.807, 2.05) is 24.3 Å². The molecule has 1 N–H and O–H groups in total. The van der Waals surface area contributed by atoms with E-state index < -0.39 is 10.0 Å². The molecule has 2 heterocycles. The number of benzene rings is 1. The van der Waals surface area contributed by atoms with Crippen LogP contribution in [-0.2, 0) is 10.0 Å². The van der Waals surface area contributed by atoms with Gasteiger partial charge < -0.3 is 9.88 Å². The standard InChI is InChI=1S/C15H18N4O2S/c20-22(21,15-9-16-11-17-15)19-8-7-18(10-12-5-6-12)13-3-1-2-4-14(13)19/h1-4,9,11-12H,5-8,10H2,(H,16,17). The van der Waals surface area contributed by atoms with E-state index in [0.29, 0.717) is 6.54 Å². The van der Waals surface area contributed by atoms with Crippen molar-refractivity contribution >= 4 is 21.4 Å². The number of anilines is 2. The lowest BCUT2D eigenvalue weighted by Crippen LogP contribution is -2.44. The van der Waals surface area contributed by atoms with Crippen molar-refractivity contribution < 1.29 is 8.42 Å². The lowest BCUT2D eigenvalue weighted by atomic mass is 10.2. The lowest BCUT2D eigenvalue weighted by molar-refractivity contribution is 0.584. The molecule has 1 aliphatic carbocycles. The van der Waals surface area contributed by atoms with Crippen LogP contribution in [0, 0.1) is 5.92 Å². The Morgan fingerprint density at radius 2 is 1.95 bits per heavy atom. The van der Waals surface area contributed by atoms with E-state index >= 15 is 0 Å². The molecule has 0 spiro atoms. The zero-order valence-corrected chi connectivity index (χ0v) is 13.0. The maximum atomic E-state index is 12.8. The number of nitrogens with one attached hydrogen (secondary N) is 1. The first-order valence-corrected chi connectivity index (χ1v) is 8.95. The van der Waals surface area contributed by atoms with Crippen molar-refractivity contribution in [2.24, 2.45) is 5.92 Å². The first-order valence-electron chi connectivity index (χ1n) is 7.51. The number of imidazole rings is 1. The highest BCUT2D eigenvalue weighted by atomic mass is 32.2. The minimum atomic E-state index is -3.58. The predicted molar refractivity (Wildman–Crippen MR) is 84.5 cm³/mol. The number of nitrogens with zero attached hydrogens (tertiary/aromatic N) is 3. The largest absolute Gasteiger partial charge is 0.368 e. The van der Waals surface area contributed by atoms with Gasteiger partial charge in [-0.25, -0.2) is 4.98 Å². The zero-order chi connectivity index (χ0) is 15.2. The first-order chi connectivity index (χ1) is 10.7. The summed E-state index contributed by atoms with van der Waals surface area (Å²) in [5, 5.41) is 0.137. The minimum absolute atomic E-state index is 0.137. The van der Waals surface area contributed by atoms with Gasteiger partial charge in [0.2, 0.25) is 0 Å². The molecule has 6 nitrogen and oxygen atoms in total. The molecule has 0 radical (unpaired) electrons. The van der Waals surface area contributed by atoms with Crippen molar-refractivity contribution in [2.45, 2.75) is 17.9 Å². The van der Waals surface area contributed by atoms with Crippen LogP contribution in [0.25, 0.3) is 0 Å². The maximum absolute atomic E-state index is 12.8. The number of H-pyrrole nitrogens is 1. The van der Waals surface area contributed by atoms with Crippen molar-refractivity contribution in [3.8, 4) is 0 Å². The van der Waals surface area contributed by atoms with Crippen LogP contribution in [0.3, 0.4) is 0 Å². The third-order valence-corrected chi connectivity index (χ3v) is 6.02. The highest BCUT2D eigenvalue weighted by Gasteiger charge is 2.34. The molecule has 116 valence electrons. The molecule has 0 amide bonds. The van der Waals surface area contributed by atoms with Crippen LogP contribution in [0.15, 0.2) is 41.8 Å². The quantitative estimate of drug-likeness (QED) is 0.934. The molecule has 0 unspecified atom stereocenters. The fraction of sp³-hybridized carbons (Fsp3) is 0.400. The van der Waals surface area contributed by atoms with Gasteiger partial charge in [0.05, 0.1) is 30.4 Å². The number of aromatic nitrogens is 2. The van der Waals surface area contributed by atoms with Crippen LogP contribution in [0.5, 0.6) is 0 Å². The highest BCUT2D eigenvalue weighted by Crippen LogP contribution is 2.39. The van der Waals surface area contributed by atoms with E-state index in [4.69, 9.17) is 0 Å². The molecule has 2 aliphatic rings. The van der Waals surface area contributed by atoms with Crippen molar-refractivity contribution in [3.63, 3.8) is 0 Å². The summed E-state index contributed by atoms with van der Waals surface area (Å²) in [6.45, 7) is 2.21. The molecule has 1 saturated carbocycles. The van der Waals surface area contributed by atoms with Crippen molar-refractivity contribution in [1.29, 1.82) is 0 Å². The van der Waals surface area contributed by atoms with E-state index in [2.05, 4.69) is 14.9 Å². The van der Waals surface area contributed by atoms with Crippen LogP contribution >= 0.6 is 0 Å². The average molecular weight is 318 g/mol. The van der Waals surface area contributed by atoms with E-state index in [0.717, 1.165) is 30.4 Å². The Balaban J connectivity index is 1.72. The molecular formula is C15H18N4O2S. The fourth-order valence-electron chi connectivity index (χ4n) is 2.95. The number of fused-ring (bicyclic) bond motifs is 1. The Morgan fingerprint density at radius 3 is 2.64 bits per heavy atom. The number of sulfonamides is 1. The van der Waals surface area contributed by atoms with E-state index in [-0.39, 0.29) is 5.03 Å². The summed E-state index contributed by atoms with van der Waals surface area (Å²) >= 11 is 0. The summed E-state index contributed by atoms with van der Waals surface area (Å²) in [5.74, 6) is 0.767. The van der Waals surface area contributed by atoms with Gasteiger partial charge in [0, 0.05) is 13.1 Å². The normalized spacial score (nSPS) is 18.4. The number of rotatable bonds is 4. The summed E-state index contributed by atoms with van der Waals surface area (Å²) in [6, 6.07) is 7.73. The van der Waals surface area contributed by atoms with Gasteiger partial charge in [-0.3, -0.25) is 4.31 Å². The molecule has 1 fully saturated rings. The molecule has 0 atom stereocenters. The Bertz CT molecular complexity index is 769. The van der Waals surface area contributed by atoms with E-state index in [1.54, 1.807) is 0 Å². The van der Waals surface area contributed by atoms with Crippen LogP contribution in [-0.4, -0.2) is 38.0 Å². The molecule has 2 aromatic rings. The van der Waals surface area contributed by atoms with Crippen LogP contribution in [0.1, 0.15) is 12.8 Å². The average Bonchev–Trinajstić information content (AvgIpc) is 3.16. The fourth-order valence-corrected chi connectivity index (χ4v) is 4.32. The molecule has 4 rings (SSSR count). The SMILES string of the molecule is O=S(=O)(c1cnc[nH]1)N1CCN(CC2CC2)c2ccccc21. The lowest BCUT2D eigenvalue weighted by Gasteiger charge is -2.37. The number of hydrogen-bond donors (Lipinski definition) is 1. The highest BCUT2D eigenvalue weighted by molar-refractivity contribution is 7.92. The van der Waals surface area contributed by atoms with Crippen LogP contribution in [0.4, 0.5) is 11.4 Å². The van der Waals surface area contributed by atoms with Crippen molar-refractivity contribution in [3.05, 3.63) is 36.8 Å². The number of hydrogen-bond acceptors (Lipinski definition) is 4. The maximum Gasteiger partial charge on any atom is 0.281 e. The Labute approximate surface area is 129 Å². The second-order valence-corrected chi connectivity index (χ2v) is 7.70. The monoisotopic (exact) mass is 318 g/mol. The minimum Gasteiger partial charge on any atom is -0.368 e. The van der Waals surface area contributed by atoms with Crippen molar-refractivity contribution in [1.82, 2.24) is 9.97 Å². The predicted octanol–water partition coefficient (Wildman–Crippen LogP) is 1.83. The molecule has 22 heavy (non-hydrogen) atoms. The smallest absolute Gasteiger partial charge is 0.281 e. The number of para-hydroxylation sites is 2.